The lowest BCUT2D eigenvalue weighted by atomic mass is 10.2. The van der Waals surface area contributed by atoms with Crippen molar-refractivity contribution in [2.45, 2.75) is 18.0 Å². The van der Waals surface area contributed by atoms with Crippen molar-refractivity contribution in [2.75, 3.05) is 0 Å². The molecule has 0 saturated heterocycles. The number of rotatable bonds is 5. The van der Waals surface area contributed by atoms with Gasteiger partial charge in [-0.3, -0.25) is 0 Å². The van der Waals surface area contributed by atoms with Gasteiger partial charge < -0.3 is 5.11 Å². The van der Waals surface area contributed by atoms with Gasteiger partial charge in [0.05, 0.1) is 11.5 Å². The zero-order valence-corrected chi connectivity index (χ0v) is 13.2. The van der Waals surface area contributed by atoms with Gasteiger partial charge in [0.25, 0.3) is 0 Å². The first-order valence-electron chi connectivity index (χ1n) is 6.06. The molecule has 0 aromatic heterocycles. The number of hydrogen-bond donors (Lipinski definition) is 2. The number of hydrogen-bond acceptors (Lipinski definition) is 3. The van der Waals surface area contributed by atoms with Crippen LogP contribution in [0.15, 0.2) is 47.4 Å². The highest BCUT2D eigenvalue weighted by Crippen LogP contribution is 2.20. The predicted molar refractivity (Wildman–Crippen MR) is 82.9 cm³/mol. The molecule has 0 atom stereocenters. The standard InChI is InChI=1S/C14H13Cl2NO3S/c15-12-3-1-10(2-4-12)8-17-21(19,20)13-5-6-14(16)11(7-13)9-18/h1-7,17-18H,8-9H2. The van der Waals surface area contributed by atoms with Gasteiger partial charge in [0, 0.05) is 16.6 Å². The van der Waals surface area contributed by atoms with Gasteiger partial charge in [-0.15, -0.1) is 0 Å². The highest BCUT2D eigenvalue weighted by Gasteiger charge is 2.15. The molecule has 0 saturated carbocycles. The Morgan fingerprint density at radius 2 is 1.71 bits per heavy atom. The second-order valence-corrected chi connectivity index (χ2v) is 6.97. The maximum atomic E-state index is 12.2. The Morgan fingerprint density at radius 3 is 2.33 bits per heavy atom. The van der Waals surface area contributed by atoms with Crippen molar-refractivity contribution < 1.29 is 13.5 Å². The van der Waals surface area contributed by atoms with Crippen molar-refractivity contribution in [3.63, 3.8) is 0 Å². The van der Waals surface area contributed by atoms with Crippen molar-refractivity contribution in [2.24, 2.45) is 0 Å². The number of halogens is 2. The van der Waals surface area contributed by atoms with Crippen molar-refractivity contribution in [1.29, 1.82) is 0 Å². The van der Waals surface area contributed by atoms with E-state index in [-0.39, 0.29) is 18.0 Å². The smallest absolute Gasteiger partial charge is 0.240 e. The molecular formula is C14H13Cl2NO3S. The van der Waals surface area contributed by atoms with E-state index in [1.165, 1.54) is 18.2 Å². The molecule has 7 heteroatoms. The highest BCUT2D eigenvalue weighted by molar-refractivity contribution is 7.89. The largest absolute Gasteiger partial charge is 0.392 e. The SMILES string of the molecule is O=S(=O)(NCc1ccc(Cl)cc1)c1ccc(Cl)c(CO)c1. The molecule has 0 aliphatic rings. The topological polar surface area (TPSA) is 66.4 Å². The van der Waals surface area contributed by atoms with Crippen LogP contribution in [0.5, 0.6) is 0 Å². The van der Waals surface area contributed by atoms with E-state index in [0.717, 1.165) is 5.56 Å². The molecular weight excluding hydrogens is 333 g/mol. The van der Waals surface area contributed by atoms with E-state index in [9.17, 15) is 8.42 Å². The Labute approximate surface area is 133 Å². The first kappa shape index (κ1) is 16.3. The minimum atomic E-state index is -3.67. The van der Waals surface area contributed by atoms with E-state index < -0.39 is 10.0 Å². The summed E-state index contributed by atoms with van der Waals surface area (Å²) in [6, 6.07) is 11.1. The van der Waals surface area contributed by atoms with Gasteiger partial charge in [-0.25, -0.2) is 13.1 Å². The third kappa shape index (κ3) is 4.18. The molecule has 0 radical (unpaired) electrons. The normalized spacial score (nSPS) is 11.6. The molecule has 2 aromatic rings. The van der Waals surface area contributed by atoms with Crippen LogP contribution in [-0.4, -0.2) is 13.5 Å². The van der Waals surface area contributed by atoms with Crippen LogP contribution >= 0.6 is 23.2 Å². The zero-order chi connectivity index (χ0) is 15.5. The molecule has 0 heterocycles. The van der Waals surface area contributed by atoms with Crippen LogP contribution in [0.1, 0.15) is 11.1 Å². The molecule has 2 N–H and O–H groups in total. The minimum Gasteiger partial charge on any atom is -0.392 e. The number of benzene rings is 2. The van der Waals surface area contributed by atoms with Gasteiger partial charge >= 0.3 is 0 Å². The summed E-state index contributed by atoms with van der Waals surface area (Å²) in [5.41, 5.74) is 1.16. The van der Waals surface area contributed by atoms with E-state index in [0.29, 0.717) is 15.6 Å². The maximum Gasteiger partial charge on any atom is 0.240 e. The van der Waals surface area contributed by atoms with E-state index in [1.807, 2.05) is 0 Å². The lowest BCUT2D eigenvalue weighted by molar-refractivity contribution is 0.281. The quantitative estimate of drug-likeness (QED) is 0.875. The fourth-order valence-electron chi connectivity index (χ4n) is 1.70. The Kier molecular flexibility index (Phi) is 5.24. The molecule has 2 aromatic carbocycles. The monoisotopic (exact) mass is 345 g/mol. The van der Waals surface area contributed by atoms with Crippen LogP contribution in [0.3, 0.4) is 0 Å². The molecule has 0 amide bonds. The second-order valence-electron chi connectivity index (χ2n) is 4.36. The summed E-state index contributed by atoms with van der Waals surface area (Å²) < 4.78 is 26.9. The van der Waals surface area contributed by atoms with Gasteiger partial charge in [-0.2, -0.15) is 0 Å². The average molecular weight is 346 g/mol. The van der Waals surface area contributed by atoms with Gasteiger partial charge in [-0.1, -0.05) is 35.3 Å². The summed E-state index contributed by atoms with van der Waals surface area (Å²) in [6.45, 7) is -0.171. The van der Waals surface area contributed by atoms with Crippen LogP contribution in [0.4, 0.5) is 0 Å². The molecule has 112 valence electrons. The van der Waals surface area contributed by atoms with Crippen molar-refractivity contribution in [3.8, 4) is 0 Å². The van der Waals surface area contributed by atoms with Crippen LogP contribution < -0.4 is 4.72 Å². The molecule has 21 heavy (non-hydrogen) atoms. The summed E-state index contributed by atoms with van der Waals surface area (Å²) in [5, 5.41) is 10.0. The van der Waals surface area contributed by atoms with E-state index in [2.05, 4.69) is 4.72 Å². The van der Waals surface area contributed by atoms with E-state index >= 15 is 0 Å². The minimum absolute atomic E-state index is 0.0601. The molecule has 0 aliphatic carbocycles. The summed E-state index contributed by atoms with van der Waals surface area (Å²) in [7, 11) is -3.67. The summed E-state index contributed by atoms with van der Waals surface area (Å²) in [5.74, 6) is 0. The molecule has 0 aliphatic heterocycles. The summed E-state index contributed by atoms with van der Waals surface area (Å²) >= 11 is 11.6. The van der Waals surface area contributed by atoms with Gasteiger partial charge in [-0.05, 0) is 41.5 Å². The van der Waals surface area contributed by atoms with Crippen molar-refractivity contribution >= 4 is 33.2 Å². The number of nitrogens with one attached hydrogen (secondary N) is 1. The Bertz CT molecular complexity index is 730. The molecule has 2 rings (SSSR count). The van der Waals surface area contributed by atoms with Crippen LogP contribution in [0.25, 0.3) is 0 Å². The molecule has 4 nitrogen and oxygen atoms in total. The fraction of sp³-hybridized carbons (Fsp3) is 0.143. The van der Waals surface area contributed by atoms with Gasteiger partial charge in [0.1, 0.15) is 0 Å². The van der Waals surface area contributed by atoms with Crippen LogP contribution in [0, 0.1) is 0 Å². The van der Waals surface area contributed by atoms with Crippen molar-refractivity contribution in [1.82, 2.24) is 4.72 Å². The Balaban J connectivity index is 2.16. The Hall–Kier alpha value is -1.11. The highest BCUT2D eigenvalue weighted by atomic mass is 35.5. The second kappa shape index (κ2) is 6.77. The maximum absolute atomic E-state index is 12.2. The average Bonchev–Trinajstić information content (AvgIpc) is 2.47. The Morgan fingerprint density at radius 1 is 1.05 bits per heavy atom. The lowest BCUT2D eigenvalue weighted by Crippen LogP contribution is -2.23. The lowest BCUT2D eigenvalue weighted by Gasteiger charge is -2.09. The number of aliphatic hydroxyl groups excluding tert-OH is 1. The predicted octanol–water partition coefficient (Wildman–Crippen LogP) is 2.96. The summed E-state index contributed by atoms with van der Waals surface area (Å²) in [4.78, 5) is 0.0601. The van der Waals surface area contributed by atoms with E-state index in [1.54, 1.807) is 24.3 Å². The first-order chi connectivity index (χ1) is 9.92. The van der Waals surface area contributed by atoms with Crippen LogP contribution in [-0.2, 0) is 23.2 Å². The molecule has 0 bridgehead atoms. The van der Waals surface area contributed by atoms with E-state index in [4.69, 9.17) is 28.3 Å². The third-order valence-corrected chi connectivity index (χ3v) is 4.90. The molecule has 0 fully saturated rings. The molecule has 0 spiro atoms. The summed E-state index contributed by atoms with van der Waals surface area (Å²) in [6.07, 6.45) is 0. The number of sulfonamides is 1. The fourth-order valence-corrected chi connectivity index (χ4v) is 3.07. The third-order valence-electron chi connectivity index (χ3n) is 2.88. The first-order valence-corrected chi connectivity index (χ1v) is 8.29. The van der Waals surface area contributed by atoms with Gasteiger partial charge in [0.2, 0.25) is 10.0 Å². The van der Waals surface area contributed by atoms with Crippen LogP contribution in [0.2, 0.25) is 10.0 Å². The zero-order valence-electron chi connectivity index (χ0n) is 10.9. The number of aliphatic hydroxyl groups is 1. The van der Waals surface area contributed by atoms with Crippen molar-refractivity contribution in [3.05, 3.63) is 63.6 Å². The molecule has 0 unspecified atom stereocenters. The van der Waals surface area contributed by atoms with Gasteiger partial charge in [0.15, 0.2) is 0 Å².